The highest BCUT2D eigenvalue weighted by Gasteiger charge is 2.13. The van der Waals surface area contributed by atoms with Gasteiger partial charge in [-0.25, -0.2) is 4.68 Å². The van der Waals surface area contributed by atoms with Crippen molar-refractivity contribution in [3.05, 3.63) is 72.1 Å². The van der Waals surface area contributed by atoms with Gasteiger partial charge in [-0.2, -0.15) is 5.10 Å². The standard InChI is InChI=1S/C22H23N3O4/c1-27-19-11-17(12-20(28-2)22(19)29-3)13-23-21(26)10-9-16-14-24-25(15-16)18-7-5-4-6-8-18/h4-12,14-15H,13H2,1-3H3,(H,23,26)/b10-9+. The van der Waals surface area contributed by atoms with E-state index in [-0.39, 0.29) is 5.91 Å². The zero-order chi connectivity index (χ0) is 20.6. The SMILES string of the molecule is COc1cc(CNC(=O)/C=C/c2cnn(-c3ccccc3)c2)cc(OC)c1OC. The van der Waals surface area contributed by atoms with Crippen molar-refractivity contribution in [3.63, 3.8) is 0 Å². The number of benzene rings is 2. The molecule has 0 aliphatic carbocycles. The van der Waals surface area contributed by atoms with Crippen LogP contribution in [0.25, 0.3) is 11.8 Å². The van der Waals surface area contributed by atoms with Crippen LogP contribution in [-0.4, -0.2) is 37.0 Å². The summed E-state index contributed by atoms with van der Waals surface area (Å²) < 4.78 is 17.7. The number of carbonyl (C=O) groups excluding carboxylic acids is 1. The molecular formula is C22H23N3O4. The monoisotopic (exact) mass is 393 g/mol. The summed E-state index contributed by atoms with van der Waals surface area (Å²) in [6.07, 6.45) is 6.76. The topological polar surface area (TPSA) is 74.6 Å². The van der Waals surface area contributed by atoms with Crippen LogP contribution in [0.2, 0.25) is 0 Å². The van der Waals surface area contributed by atoms with Crippen LogP contribution in [0, 0.1) is 0 Å². The van der Waals surface area contributed by atoms with E-state index in [2.05, 4.69) is 10.4 Å². The molecule has 0 spiro atoms. The lowest BCUT2D eigenvalue weighted by atomic mass is 10.1. The predicted molar refractivity (Wildman–Crippen MR) is 111 cm³/mol. The number of hydrogen-bond donors (Lipinski definition) is 1. The van der Waals surface area contributed by atoms with Crippen molar-refractivity contribution in [2.75, 3.05) is 21.3 Å². The van der Waals surface area contributed by atoms with Crippen LogP contribution in [-0.2, 0) is 11.3 Å². The quantitative estimate of drug-likeness (QED) is 0.595. The van der Waals surface area contributed by atoms with Crippen LogP contribution in [0.5, 0.6) is 17.2 Å². The Morgan fingerprint density at radius 1 is 1.07 bits per heavy atom. The molecular weight excluding hydrogens is 370 g/mol. The maximum atomic E-state index is 12.2. The van der Waals surface area contributed by atoms with Crippen molar-refractivity contribution in [2.45, 2.75) is 6.54 Å². The molecule has 1 heterocycles. The Balaban J connectivity index is 1.62. The van der Waals surface area contributed by atoms with Crippen molar-refractivity contribution < 1.29 is 19.0 Å². The average molecular weight is 393 g/mol. The summed E-state index contributed by atoms with van der Waals surface area (Å²) in [7, 11) is 4.66. The van der Waals surface area contributed by atoms with E-state index >= 15 is 0 Å². The van der Waals surface area contributed by atoms with Crippen molar-refractivity contribution >= 4 is 12.0 Å². The molecule has 0 saturated carbocycles. The van der Waals surface area contributed by atoms with Crippen molar-refractivity contribution in [1.82, 2.24) is 15.1 Å². The summed E-state index contributed by atoms with van der Waals surface area (Å²) in [4.78, 5) is 12.2. The molecule has 29 heavy (non-hydrogen) atoms. The molecule has 0 aliphatic rings. The van der Waals surface area contributed by atoms with E-state index in [4.69, 9.17) is 14.2 Å². The molecule has 1 amide bonds. The molecule has 0 atom stereocenters. The molecule has 3 aromatic rings. The minimum absolute atomic E-state index is 0.216. The highest BCUT2D eigenvalue weighted by atomic mass is 16.5. The maximum Gasteiger partial charge on any atom is 0.244 e. The third kappa shape index (κ3) is 4.95. The summed E-state index contributed by atoms with van der Waals surface area (Å²) in [6.45, 7) is 0.323. The first-order valence-corrected chi connectivity index (χ1v) is 8.99. The number of aromatic nitrogens is 2. The number of nitrogens with one attached hydrogen (secondary N) is 1. The largest absolute Gasteiger partial charge is 0.493 e. The number of amides is 1. The number of nitrogens with zero attached hydrogens (tertiary/aromatic N) is 2. The Morgan fingerprint density at radius 3 is 2.38 bits per heavy atom. The van der Waals surface area contributed by atoms with Gasteiger partial charge >= 0.3 is 0 Å². The first-order valence-electron chi connectivity index (χ1n) is 8.99. The van der Waals surface area contributed by atoms with E-state index in [1.807, 2.05) is 36.5 Å². The second-order valence-electron chi connectivity index (χ2n) is 6.14. The first kappa shape index (κ1) is 20.0. The number of hydrogen-bond acceptors (Lipinski definition) is 5. The summed E-state index contributed by atoms with van der Waals surface area (Å²) in [6, 6.07) is 13.4. The number of methoxy groups -OCH3 is 3. The van der Waals surface area contributed by atoms with Gasteiger partial charge in [0.1, 0.15) is 0 Å². The number of para-hydroxylation sites is 1. The van der Waals surface area contributed by atoms with E-state index in [1.165, 1.54) is 6.08 Å². The Morgan fingerprint density at radius 2 is 1.76 bits per heavy atom. The lowest BCUT2D eigenvalue weighted by Crippen LogP contribution is -2.20. The highest BCUT2D eigenvalue weighted by molar-refractivity contribution is 5.91. The summed E-state index contributed by atoms with van der Waals surface area (Å²) in [5, 5.41) is 7.15. The molecule has 1 aromatic heterocycles. The van der Waals surface area contributed by atoms with Gasteiger partial charge in [-0.05, 0) is 35.9 Å². The highest BCUT2D eigenvalue weighted by Crippen LogP contribution is 2.38. The Bertz CT molecular complexity index is 971. The van der Waals surface area contributed by atoms with Gasteiger partial charge in [0.2, 0.25) is 11.7 Å². The van der Waals surface area contributed by atoms with E-state index < -0.39 is 0 Å². The van der Waals surface area contributed by atoms with Crippen LogP contribution >= 0.6 is 0 Å². The van der Waals surface area contributed by atoms with Gasteiger partial charge in [0, 0.05) is 24.4 Å². The van der Waals surface area contributed by atoms with E-state index in [0.29, 0.717) is 23.8 Å². The van der Waals surface area contributed by atoms with Gasteiger partial charge in [-0.15, -0.1) is 0 Å². The fourth-order valence-electron chi connectivity index (χ4n) is 2.80. The van der Waals surface area contributed by atoms with Gasteiger partial charge < -0.3 is 19.5 Å². The number of ether oxygens (including phenoxy) is 3. The number of carbonyl (C=O) groups is 1. The average Bonchev–Trinajstić information content (AvgIpc) is 3.25. The van der Waals surface area contributed by atoms with Crippen LogP contribution in [0.4, 0.5) is 0 Å². The molecule has 7 nitrogen and oxygen atoms in total. The summed E-state index contributed by atoms with van der Waals surface area (Å²) in [5.41, 5.74) is 2.62. The molecule has 1 N–H and O–H groups in total. The molecule has 150 valence electrons. The minimum Gasteiger partial charge on any atom is -0.493 e. The Labute approximate surface area is 169 Å². The maximum absolute atomic E-state index is 12.2. The third-order valence-corrected chi connectivity index (χ3v) is 4.24. The fourth-order valence-corrected chi connectivity index (χ4v) is 2.80. The van der Waals surface area contributed by atoms with Crippen LogP contribution < -0.4 is 19.5 Å². The Kier molecular flexibility index (Phi) is 6.52. The minimum atomic E-state index is -0.216. The van der Waals surface area contributed by atoms with E-state index in [0.717, 1.165) is 16.8 Å². The van der Waals surface area contributed by atoms with Crippen molar-refractivity contribution in [2.24, 2.45) is 0 Å². The predicted octanol–water partition coefficient (Wildman–Crippen LogP) is 3.23. The third-order valence-electron chi connectivity index (χ3n) is 4.24. The van der Waals surface area contributed by atoms with Gasteiger partial charge in [0.25, 0.3) is 0 Å². The van der Waals surface area contributed by atoms with Crippen molar-refractivity contribution in [1.29, 1.82) is 0 Å². The molecule has 3 rings (SSSR count). The molecule has 0 fully saturated rings. The second-order valence-corrected chi connectivity index (χ2v) is 6.14. The fraction of sp³-hybridized carbons (Fsp3) is 0.182. The molecule has 0 bridgehead atoms. The first-order chi connectivity index (χ1) is 14.1. The second kappa shape index (κ2) is 9.45. The zero-order valence-electron chi connectivity index (χ0n) is 16.6. The molecule has 0 radical (unpaired) electrons. The van der Waals surface area contributed by atoms with Crippen LogP contribution in [0.1, 0.15) is 11.1 Å². The normalized spacial score (nSPS) is 10.7. The molecule has 2 aromatic carbocycles. The van der Waals surface area contributed by atoms with Gasteiger partial charge in [-0.3, -0.25) is 4.79 Å². The lowest BCUT2D eigenvalue weighted by molar-refractivity contribution is -0.116. The van der Waals surface area contributed by atoms with Gasteiger partial charge in [0.05, 0.1) is 33.2 Å². The molecule has 0 unspecified atom stereocenters. The lowest BCUT2D eigenvalue weighted by Gasteiger charge is -2.14. The zero-order valence-corrected chi connectivity index (χ0v) is 16.6. The van der Waals surface area contributed by atoms with Crippen molar-refractivity contribution in [3.8, 4) is 22.9 Å². The summed E-state index contributed by atoms with van der Waals surface area (Å²) in [5.74, 6) is 1.38. The van der Waals surface area contributed by atoms with Crippen LogP contribution in [0.3, 0.4) is 0 Å². The molecule has 7 heteroatoms. The summed E-state index contributed by atoms with van der Waals surface area (Å²) >= 11 is 0. The van der Waals surface area contributed by atoms with E-state index in [1.54, 1.807) is 50.4 Å². The Hall–Kier alpha value is -3.74. The van der Waals surface area contributed by atoms with E-state index in [9.17, 15) is 4.79 Å². The van der Waals surface area contributed by atoms with Gasteiger partial charge in [0.15, 0.2) is 11.5 Å². The smallest absolute Gasteiger partial charge is 0.244 e. The van der Waals surface area contributed by atoms with Crippen LogP contribution in [0.15, 0.2) is 60.9 Å². The van der Waals surface area contributed by atoms with Gasteiger partial charge in [-0.1, -0.05) is 18.2 Å². The number of rotatable bonds is 8. The molecule has 0 saturated heterocycles. The molecule has 0 aliphatic heterocycles.